The first kappa shape index (κ1) is 12.9. The number of rotatable bonds is 4. The predicted molar refractivity (Wildman–Crippen MR) is 68.5 cm³/mol. The van der Waals surface area contributed by atoms with Crippen molar-refractivity contribution in [3.8, 4) is 6.07 Å². The molecule has 0 aromatic rings. The first-order chi connectivity index (χ1) is 8.28. The number of nitrogens with zero attached hydrogens (tertiary/aromatic N) is 1. The molecule has 0 aromatic carbocycles. The first-order valence-corrected chi connectivity index (χ1v) is 7.31. The topological polar surface area (TPSA) is 33.0 Å². The van der Waals surface area contributed by atoms with E-state index in [-0.39, 0.29) is 5.41 Å². The van der Waals surface area contributed by atoms with E-state index < -0.39 is 0 Å². The molecule has 2 heteroatoms. The van der Waals surface area contributed by atoms with Gasteiger partial charge in [-0.05, 0) is 50.9 Å². The average Bonchev–Trinajstić information content (AvgIpc) is 2.85. The number of hydrogen-bond acceptors (Lipinski definition) is 2. The summed E-state index contributed by atoms with van der Waals surface area (Å²) in [5, 5.41) is 9.51. The van der Waals surface area contributed by atoms with Crippen LogP contribution in [0.1, 0.15) is 64.7 Å². The van der Waals surface area contributed by atoms with Crippen molar-refractivity contribution < 1.29 is 4.74 Å². The second kappa shape index (κ2) is 5.87. The Kier molecular flexibility index (Phi) is 4.45. The van der Waals surface area contributed by atoms with Crippen LogP contribution >= 0.6 is 0 Å². The summed E-state index contributed by atoms with van der Waals surface area (Å²) in [4.78, 5) is 0. The number of nitriles is 1. The molecular formula is C15H25NO. The van der Waals surface area contributed by atoms with Crippen molar-refractivity contribution in [2.24, 2.45) is 11.3 Å². The lowest BCUT2D eigenvalue weighted by Crippen LogP contribution is -2.30. The van der Waals surface area contributed by atoms with Crippen molar-refractivity contribution >= 4 is 0 Å². The molecular weight excluding hydrogens is 210 g/mol. The van der Waals surface area contributed by atoms with Gasteiger partial charge in [0.05, 0.1) is 17.6 Å². The predicted octanol–water partition coefficient (Wildman–Crippen LogP) is 4.06. The molecule has 1 saturated carbocycles. The quantitative estimate of drug-likeness (QED) is 0.736. The highest BCUT2D eigenvalue weighted by Crippen LogP contribution is 2.44. The van der Waals surface area contributed by atoms with Gasteiger partial charge < -0.3 is 4.74 Å². The van der Waals surface area contributed by atoms with Gasteiger partial charge in [0.15, 0.2) is 0 Å². The zero-order valence-corrected chi connectivity index (χ0v) is 11.1. The van der Waals surface area contributed by atoms with Crippen molar-refractivity contribution in [2.45, 2.75) is 70.8 Å². The van der Waals surface area contributed by atoms with Crippen LogP contribution in [0.5, 0.6) is 0 Å². The molecule has 2 nitrogen and oxygen atoms in total. The minimum Gasteiger partial charge on any atom is -0.378 e. The van der Waals surface area contributed by atoms with Crippen LogP contribution in [0.3, 0.4) is 0 Å². The van der Waals surface area contributed by atoms with Gasteiger partial charge in [-0.15, -0.1) is 0 Å². The molecule has 0 spiro atoms. The van der Waals surface area contributed by atoms with Crippen molar-refractivity contribution in [2.75, 3.05) is 6.61 Å². The third kappa shape index (κ3) is 3.22. The minimum atomic E-state index is -0.0563. The summed E-state index contributed by atoms with van der Waals surface area (Å²) < 4.78 is 5.71. The summed E-state index contributed by atoms with van der Waals surface area (Å²) in [5.41, 5.74) is -0.0563. The maximum Gasteiger partial charge on any atom is 0.0690 e. The highest BCUT2D eigenvalue weighted by Gasteiger charge is 2.38. The van der Waals surface area contributed by atoms with E-state index in [2.05, 4.69) is 13.0 Å². The monoisotopic (exact) mass is 235 g/mol. The van der Waals surface area contributed by atoms with Crippen molar-refractivity contribution in [1.82, 2.24) is 0 Å². The first-order valence-electron chi connectivity index (χ1n) is 7.31. The van der Waals surface area contributed by atoms with Crippen molar-refractivity contribution in [3.63, 3.8) is 0 Å². The fourth-order valence-electron chi connectivity index (χ4n) is 3.53. The summed E-state index contributed by atoms with van der Waals surface area (Å²) in [7, 11) is 0. The Morgan fingerprint density at radius 1 is 1.29 bits per heavy atom. The zero-order valence-electron chi connectivity index (χ0n) is 11.1. The molecule has 2 rings (SSSR count). The fourth-order valence-corrected chi connectivity index (χ4v) is 3.53. The largest absolute Gasteiger partial charge is 0.378 e. The van der Waals surface area contributed by atoms with Crippen molar-refractivity contribution in [1.29, 1.82) is 5.26 Å². The highest BCUT2D eigenvalue weighted by atomic mass is 16.5. The molecule has 0 radical (unpaired) electrons. The normalized spacial score (nSPS) is 37.9. The molecule has 17 heavy (non-hydrogen) atoms. The molecule has 0 N–H and O–H groups in total. The van der Waals surface area contributed by atoms with Crippen LogP contribution in [0, 0.1) is 22.7 Å². The summed E-state index contributed by atoms with van der Waals surface area (Å²) in [6.45, 7) is 3.17. The van der Waals surface area contributed by atoms with Crippen molar-refractivity contribution in [3.05, 3.63) is 0 Å². The van der Waals surface area contributed by atoms with Crippen LogP contribution in [0.4, 0.5) is 0 Å². The Morgan fingerprint density at radius 2 is 2.06 bits per heavy atom. The SMILES string of the molecule is CCCC1CCC(C#N)(CC2CCCO2)CC1. The van der Waals surface area contributed by atoms with Crippen LogP contribution in [-0.4, -0.2) is 12.7 Å². The van der Waals surface area contributed by atoms with E-state index in [0.717, 1.165) is 31.8 Å². The highest BCUT2D eigenvalue weighted by molar-refractivity contribution is 5.03. The minimum absolute atomic E-state index is 0.0563. The van der Waals surface area contributed by atoms with Crippen LogP contribution < -0.4 is 0 Å². The van der Waals surface area contributed by atoms with Crippen LogP contribution in [0.15, 0.2) is 0 Å². The number of ether oxygens (including phenoxy) is 1. The second-order valence-electron chi connectivity index (χ2n) is 5.96. The molecule has 1 heterocycles. The Labute approximate surface area is 105 Å². The van der Waals surface area contributed by atoms with E-state index in [1.807, 2.05) is 0 Å². The fraction of sp³-hybridized carbons (Fsp3) is 0.933. The maximum absolute atomic E-state index is 9.51. The van der Waals surface area contributed by atoms with E-state index in [0.29, 0.717) is 6.10 Å². The second-order valence-corrected chi connectivity index (χ2v) is 5.96. The lowest BCUT2D eigenvalue weighted by atomic mass is 9.67. The lowest BCUT2D eigenvalue weighted by Gasteiger charge is -2.36. The van der Waals surface area contributed by atoms with Crippen LogP contribution in [0.2, 0.25) is 0 Å². The van der Waals surface area contributed by atoms with E-state index in [1.54, 1.807) is 0 Å². The molecule has 1 aliphatic heterocycles. The summed E-state index contributed by atoms with van der Waals surface area (Å²) >= 11 is 0. The molecule has 2 aliphatic rings. The van der Waals surface area contributed by atoms with E-state index in [1.165, 1.54) is 38.5 Å². The van der Waals surface area contributed by atoms with Gasteiger partial charge in [0.25, 0.3) is 0 Å². The van der Waals surface area contributed by atoms with Gasteiger partial charge in [-0.1, -0.05) is 19.8 Å². The summed E-state index contributed by atoms with van der Waals surface area (Å²) in [6.07, 6.45) is 11.1. The van der Waals surface area contributed by atoms with Gasteiger partial charge in [0.1, 0.15) is 0 Å². The Balaban J connectivity index is 1.86. The van der Waals surface area contributed by atoms with Gasteiger partial charge in [0.2, 0.25) is 0 Å². The molecule has 0 amide bonds. The summed E-state index contributed by atoms with van der Waals surface area (Å²) in [5.74, 6) is 0.881. The average molecular weight is 235 g/mol. The zero-order chi connectivity index (χ0) is 12.1. The van der Waals surface area contributed by atoms with Crippen LogP contribution in [-0.2, 0) is 4.74 Å². The van der Waals surface area contributed by atoms with E-state index >= 15 is 0 Å². The molecule has 1 atom stereocenters. The molecule has 0 aromatic heterocycles. The van der Waals surface area contributed by atoms with E-state index in [4.69, 9.17) is 4.74 Å². The molecule has 1 aliphatic carbocycles. The molecule has 1 saturated heterocycles. The Bertz CT molecular complexity index is 267. The van der Waals surface area contributed by atoms with E-state index in [9.17, 15) is 5.26 Å². The Hall–Kier alpha value is -0.550. The lowest BCUT2D eigenvalue weighted by molar-refractivity contribution is 0.0582. The van der Waals surface area contributed by atoms with Gasteiger partial charge in [-0.3, -0.25) is 0 Å². The third-order valence-electron chi connectivity index (χ3n) is 4.64. The summed E-state index contributed by atoms with van der Waals surface area (Å²) in [6, 6.07) is 2.63. The van der Waals surface area contributed by atoms with Gasteiger partial charge in [-0.25, -0.2) is 0 Å². The number of hydrogen-bond donors (Lipinski definition) is 0. The van der Waals surface area contributed by atoms with Crippen LogP contribution in [0.25, 0.3) is 0 Å². The Morgan fingerprint density at radius 3 is 2.59 bits per heavy atom. The molecule has 1 unspecified atom stereocenters. The standard InChI is InChI=1S/C15H25NO/c1-2-4-13-6-8-15(12-16,9-7-13)11-14-5-3-10-17-14/h13-14H,2-11H2,1H3. The molecule has 0 bridgehead atoms. The maximum atomic E-state index is 9.51. The van der Waals surface area contributed by atoms with Gasteiger partial charge in [-0.2, -0.15) is 5.26 Å². The molecule has 2 fully saturated rings. The van der Waals surface area contributed by atoms with Gasteiger partial charge >= 0.3 is 0 Å². The molecule has 96 valence electrons. The third-order valence-corrected chi connectivity index (χ3v) is 4.64. The smallest absolute Gasteiger partial charge is 0.0690 e. The van der Waals surface area contributed by atoms with Gasteiger partial charge in [0, 0.05) is 6.61 Å².